The van der Waals surface area contributed by atoms with Gasteiger partial charge in [0.2, 0.25) is 0 Å². The molecule has 0 unspecified atom stereocenters. The summed E-state index contributed by atoms with van der Waals surface area (Å²) in [7, 11) is 0. The minimum Gasteiger partial charge on any atom is -0.476 e. The minimum absolute atomic E-state index is 0.104. The van der Waals surface area contributed by atoms with E-state index in [1.807, 2.05) is 30.3 Å². The summed E-state index contributed by atoms with van der Waals surface area (Å²) in [4.78, 5) is 18.6. The number of aromatic nitrogens is 2. The van der Waals surface area contributed by atoms with Crippen LogP contribution < -0.4 is 0 Å². The Balaban J connectivity index is 2.52. The molecule has 0 aliphatic heterocycles. The van der Waals surface area contributed by atoms with Crippen molar-refractivity contribution in [3.05, 3.63) is 47.4 Å². The lowest BCUT2D eigenvalue weighted by Crippen LogP contribution is -2.03. The maximum absolute atomic E-state index is 10.8. The van der Waals surface area contributed by atoms with Gasteiger partial charge in [0.05, 0.1) is 11.9 Å². The van der Waals surface area contributed by atoms with E-state index in [0.717, 1.165) is 5.56 Å². The quantitative estimate of drug-likeness (QED) is 0.867. The van der Waals surface area contributed by atoms with Crippen molar-refractivity contribution < 1.29 is 9.90 Å². The molecule has 2 rings (SSSR count). The van der Waals surface area contributed by atoms with Crippen LogP contribution in [-0.2, 0) is 0 Å². The lowest BCUT2D eigenvalue weighted by Gasteiger charge is -2.02. The molecule has 4 nitrogen and oxygen atoms in total. The second kappa shape index (κ2) is 4.28. The van der Waals surface area contributed by atoms with E-state index >= 15 is 0 Å². The Bertz CT molecular complexity index is 529. The summed E-state index contributed by atoms with van der Waals surface area (Å²) in [5.74, 6) is -1.18. The third-order valence-corrected chi connectivity index (χ3v) is 2.28. The van der Waals surface area contributed by atoms with E-state index in [9.17, 15) is 4.79 Å². The number of carbonyl (C=O) groups is 1. The molecule has 1 N–H and O–H groups in total. The van der Waals surface area contributed by atoms with Gasteiger partial charge in [-0.25, -0.2) is 14.8 Å². The molecule has 0 saturated carbocycles. The molecule has 0 aliphatic carbocycles. The zero-order valence-electron chi connectivity index (χ0n) is 8.09. The van der Waals surface area contributed by atoms with Gasteiger partial charge in [-0.15, -0.1) is 0 Å². The third-order valence-electron chi connectivity index (χ3n) is 2.00. The first-order chi connectivity index (χ1) is 7.68. The second-order valence-electron chi connectivity index (χ2n) is 3.07. The van der Waals surface area contributed by atoms with E-state index in [4.69, 9.17) is 16.7 Å². The van der Waals surface area contributed by atoms with Crippen LogP contribution in [-0.4, -0.2) is 21.0 Å². The van der Waals surface area contributed by atoms with Gasteiger partial charge in [0.15, 0.2) is 10.8 Å². The van der Waals surface area contributed by atoms with Crippen molar-refractivity contribution in [3.63, 3.8) is 0 Å². The first-order valence-corrected chi connectivity index (χ1v) is 4.87. The highest BCUT2D eigenvalue weighted by Gasteiger charge is 2.13. The summed E-state index contributed by atoms with van der Waals surface area (Å²) in [6, 6.07) is 9.19. The first-order valence-electron chi connectivity index (χ1n) is 4.50. The summed E-state index contributed by atoms with van der Waals surface area (Å²) in [5.41, 5.74) is 1.06. The van der Waals surface area contributed by atoms with Crippen molar-refractivity contribution in [1.82, 2.24) is 9.97 Å². The lowest BCUT2D eigenvalue weighted by molar-refractivity contribution is 0.0690. The van der Waals surface area contributed by atoms with Crippen LogP contribution in [0.4, 0.5) is 0 Å². The van der Waals surface area contributed by atoms with Gasteiger partial charge in [0, 0.05) is 5.56 Å². The molecule has 80 valence electrons. The Morgan fingerprint density at radius 3 is 2.56 bits per heavy atom. The van der Waals surface area contributed by atoms with Crippen molar-refractivity contribution in [2.24, 2.45) is 0 Å². The Kier molecular flexibility index (Phi) is 2.83. The smallest absolute Gasteiger partial charge is 0.357 e. The molecule has 0 saturated heterocycles. The lowest BCUT2D eigenvalue weighted by atomic mass is 10.2. The van der Waals surface area contributed by atoms with E-state index in [2.05, 4.69) is 9.97 Å². The molecule has 1 aromatic carbocycles. The highest BCUT2D eigenvalue weighted by Crippen LogP contribution is 2.19. The predicted octanol–water partition coefficient (Wildman–Crippen LogP) is 2.50. The van der Waals surface area contributed by atoms with Crippen LogP contribution in [0.3, 0.4) is 0 Å². The largest absolute Gasteiger partial charge is 0.476 e. The summed E-state index contributed by atoms with van der Waals surface area (Å²) < 4.78 is 0. The highest BCUT2D eigenvalue weighted by atomic mass is 35.5. The summed E-state index contributed by atoms with van der Waals surface area (Å²) in [5, 5.41) is 8.75. The van der Waals surface area contributed by atoms with Gasteiger partial charge in [-0.1, -0.05) is 41.9 Å². The van der Waals surface area contributed by atoms with Crippen molar-refractivity contribution in [2.45, 2.75) is 0 Å². The molecule has 1 aromatic heterocycles. The van der Waals surface area contributed by atoms with Crippen LogP contribution in [0.15, 0.2) is 36.5 Å². The fraction of sp³-hybridized carbons (Fsp3) is 0. The number of carboxylic acid groups (broad SMARTS) is 1. The summed E-state index contributed by atoms with van der Waals surface area (Å²) in [6.07, 6.45) is 1.45. The van der Waals surface area contributed by atoms with Crippen molar-refractivity contribution in [3.8, 4) is 11.3 Å². The maximum Gasteiger partial charge on any atom is 0.357 e. The second-order valence-corrected chi connectivity index (χ2v) is 3.42. The van der Waals surface area contributed by atoms with Gasteiger partial charge in [0.25, 0.3) is 0 Å². The maximum atomic E-state index is 10.8. The van der Waals surface area contributed by atoms with Crippen molar-refractivity contribution >= 4 is 17.6 Å². The normalized spacial score (nSPS) is 10.1. The van der Waals surface area contributed by atoms with Crippen molar-refractivity contribution in [2.75, 3.05) is 0 Å². The molecule has 0 radical (unpaired) electrons. The molecule has 0 aliphatic rings. The Hall–Kier alpha value is -1.94. The van der Waals surface area contributed by atoms with Gasteiger partial charge >= 0.3 is 5.97 Å². The molecular formula is C11H7ClN2O2. The Morgan fingerprint density at radius 1 is 1.25 bits per heavy atom. The number of carboxylic acids is 1. The zero-order valence-corrected chi connectivity index (χ0v) is 8.85. The van der Waals surface area contributed by atoms with E-state index in [-0.39, 0.29) is 10.8 Å². The number of hydrogen-bond acceptors (Lipinski definition) is 3. The van der Waals surface area contributed by atoms with E-state index < -0.39 is 5.97 Å². The monoisotopic (exact) mass is 234 g/mol. The van der Waals surface area contributed by atoms with Crippen LogP contribution in [0.5, 0.6) is 0 Å². The number of rotatable bonds is 2. The molecular weight excluding hydrogens is 228 g/mol. The van der Waals surface area contributed by atoms with Crippen LogP contribution in [0.25, 0.3) is 11.3 Å². The molecule has 0 spiro atoms. The molecule has 16 heavy (non-hydrogen) atoms. The number of halogens is 1. The van der Waals surface area contributed by atoms with Crippen LogP contribution in [0.2, 0.25) is 5.15 Å². The topological polar surface area (TPSA) is 63.1 Å². The van der Waals surface area contributed by atoms with E-state index in [1.165, 1.54) is 6.20 Å². The first kappa shape index (κ1) is 10.6. The predicted molar refractivity (Wildman–Crippen MR) is 59.4 cm³/mol. The Labute approximate surface area is 96.6 Å². The summed E-state index contributed by atoms with van der Waals surface area (Å²) in [6.45, 7) is 0. The summed E-state index contributed by atoms with van der Waals surface area (Å²) >= 11 is 5.62. The SMILES string of the molecule is O=C(O)c1nc(-c2ccccc2)cnc1Cl. The van der Waals surface area contributed by atoms with E-state index in [1.54, 1.807) is 0 Å². The fourth-order valence-corrected chi connectivity index (χ4v) is 1.43. The molecule has 0 bridgehead atoms. The number of hydrogen-bond donors (Lipinski definition) is 1. The Morgan fingerprint density at radius 2 is 1.94 bits per heavy atom. The van der Waals surface area contributed by atoms with Crippen molar-refractivity contribution in [1.29, 1.82) is 0 Å². The number of aromatic carboxylic acids is 1. The van der Waals surface area contributed by atoms with Crippen LogP contribution in [0.1, 0.15) is 10.5 Å². The molecule has 0 fully saturated rings. The molecule has 0 amide bonds. The average Bonchev–Trinajstić information content (AvgIpc) is 2.30. The number of nitrogens with zero attached hydrogens (tertiary/aromatic N) is 2. The average molecular weight is 235 g/mol. The van der Waals surface area contributed by atoms with E-state index in [0.29, 0.717) is 5.69 Å². The zero-order chi connectivity index (χ0) is 11.5. The van der Waals surface area contributed by atoms with Crippen LogP contribution in [0, 0.1) is 0 Å². The molecule has 5 heteroatoms. The van der Waals surface area contributed by atoms with Crippen LogP contribution >= 0.6 is 11.6 Å². The minimum atomic E-state index is -1.18. The van der Waals surface area contributed by atoms with Gasteiger partial charge in [-0.3, -0.25) is 0 Å². The molecule has 0 atom stereocenters. The van der Waals surface area contributed by atoms with Gasteiger partial charge in [-0.2, -0.15) is 0 Å². The van der Waals surface area contributed by atoms with Gasteiger partial charge < -0.3 is 5.11 Å². The van der Waals surface area contributed by atoms with Gasteiger partial charge in [-0.05, 0) is 0 Å². The fourth-order valence-electron chi connectivity index (χ4n) is 1.26. The highest BCUT2D eigenvalue weighted by molar-refractivity contribution is 6.32. The molecule has 2 aromatic rings. The standard InChI is InChI=1S/C11H7ClN2O2/c12-10-9(11(15)16)14-8(6-13-10)7-4-2-1-3-5-7/h1-6H,(H,15,16). The van der Waals surface area contributed by atoms with Gasteiger partial charge in [0.1, 0.15) is 0 Å². The third kappa shape index (κ3) is 2.01. The molecule has 1 heterocycles. The number of benzene rings is 1.